The second-order valence-corrected chi connectivity index (χ2v) is 3.29. The third kappa shape index (κ3) is 4.42. The van der Waals surface area contributed by atoms with Crippen LogP contribution in [0.4, 0.5) is 0 Å². The SMILES string of the molecule is COC(Cc1ccccc1)=NNC(N)=S. The van der Waals surface area contributed by atoms with E-state index in [2.05, 4.69) is 22.7 Å². The Morgan fingerprint density at radius 3 is 2.67 bits per heavy atom. The van der Waals surface area contributed by atoms with Crippen molar-refractivity contribution in [2.75, 3.05) is 7.11 Å². The highest BCUT2D eigenvalue weighted by Gasteiger charge is 2.00. The fourth-order valence-electron chi connectivity index (χ4n) is 1.05. The molecular weight excluding hydrogens is 210 g/mol. The number of nitrogens with two attached hydrogens (primary N) is 1. The molecule has 0 amide bonds. The minimum absolute atomic E-state index is 0.123. The molecular formula is C10H13N3OS. The first kappa shape index (κ1) is 11.5. The zero-order valence-electron chi connectivity index (χ0n) is 8.43. The highest BCUT2D eigenvalue weighted by Crippen LogP contribution is 2.01. The van der Waals surface area contributed by atoms with Gasteiger partial charge in [0.2, 0.25) is 5.90 Å². The van der Waals surface area contributed by atoms with Gasteiger partial charge >= 0.3 is 0 Å². The van der Waals surface area contributed by atoms with E-state index in [1.165, 1.54) is 0 Å². The number of ether oxygens (including phenoxy) is 1. The van der Waals surface area contributed by atoms with Crippen molar-refractivity contribution in [3.05, 3.63) is 35.9 Å². The highest BCUT2D eigenvalue weighted by atomic mass is 32.1. The average molecular weight is 223 g/mol. The lowest BCUT2D eigenvalue weighted by atomic mass is 10.1. The van der Waals surface area contributed by atoms with Crippen LogP contribution in [0.5, 0.6) is 0 Å². The maximum Gasteiger partial charge on any atom is 0.210 e. The molecule has 0 heterocycles. The van der Waals surface area contributed by atoms with E-state index in [0.717, 1.165) is 5.56 Å². The summed E-state index contributed by atoms with van der Waals surface area (Å²) in [6, 6.07) is 9.87. The van der Waals surface area contributed by atoms with Gasteiger partial charge in [-0.25, -0.2) is 0 Å². The van der Waals surface area contributed by atoms with Crippen molar-refractivity contribution in [2.24, 2.45) is 10.8 Å². The van der Waals surface area contributed by atoms with Crippen molar-refractivity contribution in [3.8, 4) is 0 Å². The molecule has 0 atom stereocenters. The van der Waals surface area contributed by atoms with Gasteiger partial charge in [0.05, 0.1) is 13.5 Å². The van der Waals surface area contributed by atoms with Gasteiger partial charge in [-0.2, -0.15) is 0 Å². The quantitative estimate of drug-likeness (QED) is 0.348. The number of nitrogens with zero attached hydrogens (tertiary/aromatic N) is 1. The Kier molecular flexibility index (Phi) is 4.56. The molecule has 1 aromatic rings. The van der Waals surface area contributed by atoms with Gasteiger partial charge < -0.3 is 10.5 Å². The largest absolute Gasteiger partial charge is 0.483 e. The Labute approximate surface area is 94.1 Å². The Balaban J connectivity index is 2.61. The fourth-order valence-corrected chi connectivity index (χ4v) is 1.09. The van der Waals surface area contributed by atoms with Gasteiger partial charge in [-0.3, -0.25) is 5.43 Å². The first-order valence-corrected chi connectivity index (χ1v) is 4.83. The first-order chi connectivity index (χ1) is 7.22. The lowest BCUT2D eigenvalue weighted by Gasteiger charge is -2.05. The van der Waals surface area contributed by atoms with Crippen LogP contribution >= 0.6 is 12.2 Å². The van der Waals surface area contributed by atoms with Gasteiger partial charge in [0.15, 0.2) is 5.11 Å². The molecule has 0 saturated carbocycles. The summed E-state index contributed by atoms with van der Waals surface area (Å²) in [7, 11) is 1.56. The minimum Gasteiger partial charge on any atom is -0.483 e. The van der Waals surface area contributed by atoms with Crippen molar-refractivity contribution in [3.63, 3.8) is 0 Å². The van der Waals surface area contributed by atoms with E-state index in [9.17, 15) is 0 Å². The zero-order valence-corrected chi connectivity index (χ0v) is 9.25. The van der Waals surface area contributed by atoms with Crippen molar-refractivity contribution in [2.45, 2.75) is 6.42 Å². The maximum absolute atomic E-state index is 5.25. The summed E-state index contributed by atoms with van der Waals surface area (Å²) in [5, 5.41) is 4.04. The van der Waals surface area contributed by atoms with E-state index < -0.39 is 0 Å². The summed E-state index contributed by atoms with van der Waals surface area (Å²) in [5.74, 6) is 0.536. The van der Waals surface area contributed by atoms with Crippen molar-refractivity contribution >= 4 is 23.2 Å². The summed E-state index contributed by atoms with van der Waals surface area (Å²) < 4.78 is 5.08. The summed E-state index contributed by atoms with van der Waals surface area (Å²) >= 11 is 4.63. The van der Waals surface area contributed by atoms with E-state index in [1.807, 2.05) is 30.3 Å². The van der Waals surface area contributed by atoms with Crippen LogP contribution in [-0.4, -0.2) is 18.1 Å². The molecule has 1 rings (SSSR count). The van der Waals surface area contributed by atoms with E-state index in [4.69, 9.17) is 10.5 Å². The second kappa shape index (κ2) is 5.98. The minimum atomic E-state index is 0.123. The number of benzene rings is 1. The van der Waals surface area contributed by atoms with E-state index in [0.29, 0.717) is 12.3 Å². The molecule has 0 spiro atoms. The van der Waals surface area contributed by atoms with Crippen LogP contribution in [0.1, 0.15) is 5.56 Å². The summed E-state index contributed by atoms with van der Waals surface area (Å²) in [6.07, 6.45) is 0.604. The Bertz CT molecular complexity index is 351. The Morgan fingerprint density at radius 1 is 1.47 bits per heavy atom. The van der Waals surface area contributed by atoms with Crippen molar-refractivity contribution in [1.29, 1.82) is 0 Å². The van der Waals surface area contributed by atoms with Crippen LogP contribution in [0.3, 0.4) is 0 Å². The molecule has 3 N–H and O–H groups in total. The third-order valence-electron chi connectivity index (χ3n) is 1.72. The van der Waals surface area contributed by atoms with E-state index in [1.54, 1.807) is 7.11 Å². The lowest BCUT2D eigenvalue weighted by Crippen LogP contribution is -2.26. The van der Waals surface area contributed by atoms with Crippen LogP contribution in [0.25, 0.3) is 0 Å². The van der Waals surface area contributed by atoms with Gasteiger partial charge in [0, 0.05) is 0 Å². The monoisotopic (exact) mass is 223 g/mol. The number of rotatable bonds is 3. The number of thiocarbonyl (C=S) groups is 1. The van der Waals surface area contributed by atoms with E-state index >= 15 is 0 Å². The predicted molar refractivity (Wildman–Crippen MR) is 64.5 cm³/mol. The van der Waals surface area contributed by atoms with Gasteiger partial charge in [0.25, 0.3) is 0 Å². The average Bonchev–Trinajstić information content (AvgIpc) is 2.25. The zero-order chi connectivity index (χ0) is 11.1. The molecule has 0 fully saturated rings. The van der Waals surface area contributed by atoms with Crippen molar-refractivity contribution < 1.29 is 4.74 Å². The Morgan fingerprint density at radius 2 is 2.13 bits per heavy atom. The summed E-state index contributed by atoms with van der Waals surface area (Å²) in [4.78, 5) is 0. The number of nitrogens with one attached hydrogen (secondary N) is 1. The molecule has 0 aliphatic carbocycles. The van der Waals surface area contributed by atoms with E-state index in [-0.39, 0.29) is 5.11 Å². The molecule has 4 nitrogen and oxygen atoms in total. The normalized spacial score (nSPS) is 10.9. The van der Waals surface area contributed by atoms with Crippen LogP contribution in [-0.2, 0) is 11.2 Å². The van der Waals surface area contributed by atoms with Crippen LogP contribution in [0, 0.1) is 0 Å². The molecule has 0 radical (unpaired) electrons. The maximum atomic E-state index is 5.25. The second-order valence-electron chi connectivity index (χ2n) is 2.85. The number of hydrazone groups is 1. The number of methoxy groups -OCH3 is 1. The van der Waals surface area contributed by atoms with Gasteiger partial charge in [0.1, 0.15) is 0 Å². The van der Waals surface area contributed by atoms with Gasteiger partial charge in [-0.15, -0.1) is 5.10 Å². The Hall–Kier alpha value is -1.62. The van der Waals surface area contributed by atoms with Gasteiger partial charge in [-0.05, 0) is 17.8 Å². The molecule has 5 heteroatoms. The molecule has 0 unspecified atom stereocenters. The standard InChI is InChI=1S/C10H13N3OS/c1-14-9(12-13-10(11)15)7-8-5-3-2-4-6-8/h2-6H,7H2,1H3,(H3,11,13,15). The fraction of sp³-hybridized carbons (Fsp3) is 0.200. The van der Waals surface area contributed by atoms with Gasteiger partial charge in [-0.1, -0.05) is 30.3 Å². The molecule has 0 aliphatic heterocycles. The molecule has 0 aromatic heterocycles. The van der Waals surface area contributed by atoms with Crippen LogP contribution in [0.2, 0.25) is 0 Å². The molecule has 1 aromatic carbocycles. The predicted octanol–water partition coefficient (Wildman–Crippen LogP) is 1.02. The van der Waals surface area contributed by atoms with Crippen LogP contribution < -0.4 is 11.2 Å². The highest BCUT2D eigenvalue weighted by molar-refractivity contribution is 7.80. The molecule has 0 saturated heterocycles. The van der Waals surface area contributed by atoms with Crippen molar-refractivity contribution in [1.82, 2.24) is 5.43 Å². The summed E-state index contributed by atoms with van der Waals surface area (Å²) in [6.45, 7) is 0. The summed E-state index contributed by atoms with van der Waals surface area (Å²) in [5.41, 5.74) is 8.85. The number of hydrogen-bond donors (Lipinski definition) is 2. The lowest BCUT2D eigenvalue weighted by molar-refractivity contribution is 0.390. The van der Waals surface area contributed by atoms with Crippen LogP contribution in [0.15, 0.2) is 35.4 Å². The number of hydrogen-bond acceptors (Lipinski definition) is 3. The first-order valence-electron chi connectivity index (χ1n) is 4.42. The topological polar surface area (TPSA) is 59.6 Å². The molecule has 80 valence electrons. The third-order valence-corrected chi connectivity index (χ3v) is 1.82. The smallest absolute Gasteiger partial charge is 0.210 e. The molecule has 0 bridgehead atoms. The molecule has 0 aliphatic rings. The molecule has 15 heavy (non-hydrogen) atoms.